The Labute approximate surface area is 42.2 Å². The Balaban J connectivity index is 2.82. The summed E-state index contributed by atoms with van der Waals surface area (Å²) in [5.41, 5.74) is 0. The van der Waals surface area contributed by atoms with E-state index in [9.17, 15) is 4.79 Å². The molecule has 0 aromatic rings. The van der Waals surface area contributed by atoms with Crippen LogP contribution in [0.5, 0.6) is 0 Å². The van der Waals surface area contributed by atoms with Gasteiger partial charge in [-0.05, 0) is 7.05 Å². The smallest absolute Gasteiger partial charge is 0.393 e. The molecule has 0 aliphatic rings. The first kappa shape index (κ1) is 6.29. The van der Waals surface area contributed by atoms with Crippen molar-refractivity contribution in [3.05, 3.63) is 0 Å². The van der Waals surface area contributed by atoms with Crippen molar-refractivity contribution in [1.82, 2.24) is 10.5 Å². The molecular weight excluding hydrogens is 94.8 g/mol. The van der Waals surface area contributed by atoms with Crippen molar-refractivity contribution < 1.29 is 9.90 Å². The van der Waals surface area contributed by atoms with Crippen LogP contribution >= 0.6 is 0 Å². The predicted molar refractivity (Wildman–Crippen MR) is 26.0 cm³/mol. The van der Waals surface area contributed by atoms with Gasteiger partial charge in [0.1, 0.15) is 0 Å². The molecule has 0 bridgehead atoms. The molecule has 39 valence electrons. The highest BCUT2D eigenvalue weighted by Gasteiger charge is 1.89. The van der Waals surface area contributed by atoms with E-state index in [4.69, 9.17) is 5.11 Å². The van der Waals surface area contributed by atoms with Crippen molar-refractivity contribution in [3.63, 3.8) is 0 Å². The van der Waals surface area contributed by atoms with Crippen LogP contribution in [0, 0.1) is 0 Å². The van der Waals surface area contributed by atoms with E-state index in [0.717, 1.165) is 0 Å². The second-order valence-electron chi connectivity index (χ2n) is 0.883. The Morgan fingerprint density at radius 1 is 1.86 bits per heavy atom. The van der Waals surface area contributed by atoms with E-state index in [1.54, 1.807) is 7.05 Å². The third-order valence-electron chi connectivity index (χ3n) is 0.340. The summed E-state index contributed by atoms with van der Waals surface area (Å²) in [6.45, 7) is 0. The van der Waals surface area contributed by atoms with Gasteiger partial charge in [-0.25, -0.2) is 4.79 Å². The van der Waals surface area contributed by atoms with Crippen molar-refractivity contribution in [3.8, 4) is 0 Å². The van der Waals surface area contributed by atoms with Crippen LogP contribution in [0.15, 0.2) is 0 Å². The van der Waals surface area contributed by atoms with Crippen molar-refractivity contribution in [2.45, 2.75) is 0 Å². The van der Waals surface area contributed by atoms with Gasteiger partial charge in [0.05, 0.1) is 0 Å². The standard InChI is InChI=1S/C2H6BN2O2/c1-4-3-5-2(6)7/h4-5H,1H3,(H,6,7). The Bertz CT molecular complexity index is 66.7. The molecule has 0 aromatic carbocycles. The van der Waals surface area contributed by atoms with Crippen molar-refractivity contribution in [1.29, 1.82) is 0 Å². The van der Waals surface area contributed by atoms with Gasteiger partial charge in [0.2, 0.25) is 0 Å². The molecule has 0 rings (SSSR count). The van der Waals surface area contributed by atoms with Crippen molar-refractivity contribution >= 4 is 13.6 Å². The highest BCUT2D eigenvalue weighted by atomic mass is 16.4. The molecule has 0 fully saturated rings. The number of carboxylic acid groups (broad SMARTS) is 1. The quantitative estimate of drug-likeness (QED) is 0.391. The normalized spacial score (nSPS) is 7.57. The SMILES string of the molecule is CN[B]NC(=O)O. The maximum Gasteiger partial charge on any atom is 0.393 e. The summed E-state index contributed by atoms with van der Waals surface area (Å²) in [6, 6.07) is 0. The molecule has 1 radical (unpaired) electrons. The van der Waals surface area contributed by atoms with Gasteiger partial charge in [-0.1, -0.05) is 0 Å². The van der Waals surface area contributed by atoms with E-state index >= 15 is 0 Å². The monoisotopic (exact) mass is 101 g/mol. The predicted octanol–water partition coefficient (Wildman–Crippen LogP) is -0.992. The minimum Gasteiger partial charge on any atom is -0.466 e. The van der Waals surface area contributed by atoms with Gasteiger partial charge in [0.15, 0.2) is 0 Å². The van der Waals surface area contributed by atoms with Gasteiger partial charge in [-0.15, -0.1) is 0 Å². The molecule has 4 nitrogen and oxygen atoms in total. The fourth-order valence-electron chi connectivity index (χ4n) is 0.134. The molecule has 0 heterocycles. The van der Waals surface area contributed by atoms with E-state index < -0.39 is 6.09 Å². The molecule has 7 heavy (non-hydrogen) atoms. The first-order valence-corrected chi connectivity index (χ1v) is 1.76. The molecule has 0 unspecified atom stereocenters. The Kier molecular flexibility index (Phi) is 3.13. The highest BCUT2D eigenvalue weighted by Crippen LogP contribution is 1.49. The highest BCUT2D eigenvalue weighted by molar-refractivity contribution is 6.33. The lowest BCUT2D eigenvalue weighted by molar-refractivity contribution is 0.201. The number of amides is 1. The van der Waals surface area contributed by atoms with Gasteiger partial charge in [0.25, 0.3) is 0 Å². The molecule has 1 amide bonds. The zero-order chi connectivity index (χ0) is 5.70. The maximum absolute atomic E-state index is 9.58. The number of hydrogen-bond donors (Lipinski definition) is 3. The van der Waals surface area contributed by atoms with Crippen LogP contribution < -0.4 is 10.5 Å². The Morgan fingerprint density at radius 3 is 2.57 bits per heavy atom. The molecule has 0 saturated heterocycles. The first-order chi connectivity index (χ1) is 3.27. The lowest BCUT2D eigenvalue weighted by Crippen LogP contribution is -2.34. The maximum atomic E-state index is 9.58. The summed E-state index contributed by atoms with van der Waals surface area (Å²) in [4.78, 5) is 9.58. The first-order valence-electron chi connectivity index (χ1n) is 1.76. The van der Waals surface area contributed by atoms with Crippen LogP contribution in [0.3, 0.4) is 0 Å². The molecule has 0 aliphatic carbocycles. The average molecular weight is 101 g/mol. The summed E-state index contributed by atoms with van der Waals surface area (Å²) in [5.74, 6) is 0. The fourth-order valence-corrected chi connectivity index (χ4v) is 0.134. The zero-order valence-electron chi connectivity index (χ0n) is 3.93. The Hall–Kier alpha value is -0.705. The minimum absolute atomic E-state index is 1.06. The third-order valence-corrected chi connectivity index (χ3v) is 0.340. The summed E-state index contributed by atoms with van der Waals surface area (Å²) >= 11 is 0. The van der Waals surface area contributed by atoms with Crippen LogP contribution in [0.2, 0.25) is 0 Å². The van der Waals surface area contributed by atoms with Gasteiger partial charge < -0.3 is 15.6 Å². The second kappa shape index (κ2) is 3.48. The molecule has 0 aromatic heterocycles. The van der Waals surface area contributed by atoms with Crippen molar-refractivity contribution in [2.24, 2.45) is 0 Å². The third kappa shape index (κ3) is 5.29. The van der Waals surface area contributed by atoms with Gasteiger partial charge in [-0.3, -0.25) is 0 Å². The average Bonchev–Trinajstić information content (AvgIpc) is 1.61. The van der Waals surface area contributed by atoms with Crippen LogP contribution in [0.1, 0.15) is 0 Å². The minimum atomic E-state index is -1.06. The summed E-state index contributed by atoms with van der Waals surface area (Å²) < 4.78 is 0. The topological polar surface area (TPSA) is 61.4 Å². The number of hydrogen-bond acceptors (Lipinski definition) is 2. The number of nitrogens with one attached hydrogen (secondary N) is 2. The fraction of sp³-hybridized carbons (Fsp3) is 0.500. The molecule has 0 saturated carbocycles. The van der Waals surface area contributed by atoms with Crippen LogP contribution in [0.25, 0.3) is 0 Å². The second-order valence-corrected chi connectivity index (χ2v) is 0.883. The molecule has 5 heteroatoms. The van der Waals surface area contributed by atoms with E-state index in [1.165, 1.54) is 7.55 Å². The Morgan fingerprint density at radius 2 is 2.43 bits per heavy atom. The van der Waals surface area contributed by atoms with Crippen LogP contribution in [-0.2, 0) is 0 Å². The van der Waals surface area contributed by atoms with E-state index in [2.05, 4.69) is 5.23 Å². The van der Waals surface area contributed by atoms with Gasteiger partial charge in [-0.2, -0.15) is 0 Å². The van der Waals surface area contributed by atoms with Gasteiger partial charge in [0, 0.05) is 0 Å². The lowest BCUT2D eigenvalue weighted by atomic mass is 10.2. The van der Waals surface area contributed by atoms with Crippen LogP contribution in [0.4, 0.5) is 4.79 Å². The molecule has 0 atom stereocenters. The molecule has 0 aliphatic heterocycles. The van der Waals surface area contributed by atoms with Crippen LogP contribution in [-0.4, -0.2) is 25.8 Å². The van der Waals surface area contributed by atoms with E-state index in [-0.39, 0.29) is 0 Å². The van der Waals surface area contributed by atoms with Gasteiger partial charge >= 0.3 is 13.6 Å². The number of rotatable bonds is 2. The summed E-state index contributed by atoms with van der Waals surface area (Å²) in [6.07, 6.45) is -1.06. The largest absolute Gasteiger partial charge is 0.466 e. The summed E-state index contributed by atoms with van der Waals surface area (Å²) in [7, 11) is 2.83. The molecular formula is C2H6BN2O2. The van der Waals surface area contributed by atoms with E-state index in [1.807, 2.05) is 5.23 Å². The van der Waals surface area contributed by atoms with Crippen molar-refractivity contribution in [2.75, 3.05) is 7.05 Å². The molecule has 3 N–H and O–H groups in total. The zero-order valence-corrected chi connectivity index (χ0v) is 3.93. The number of carbonyl (C=O) groups is 1. The lowest BCUT2D eigenvalue weighted by Gasteiger charge is -1.90. The molecule has 0 spiro atoms. The van der Waals surface area contributed by atoms with E-state index in [0.29, 0.717) is 0 Å². The summed E-state index contributed by atoms with van der Waals surface area (Å²) in [5, 5.41) is 12.3.